The van der Waals surface area contributed by atoms with Gasteiger partial charge in [0.25, 0.3) is 21.5 Å². The van der Waals surface area contributed by atoms with Gasteiger partial charge in [-0.15, -0.1) is 0 Å². The van der Waals surface area contributed by atoms with Crippen LogP contribution in [0, 0.1) is 11.6 Å². The van der Waals surface area contributed by atoms with Gasteiger partial charge < -0.3 is 19.2 Å². The maximum absolute atomic E-state index is 15.2. The van der Waals surface area contributed by atoms with Crippen molar-refractivity contribution in [3.05, 3.63) is 135 Å². The number of esters is 1. The number of anilines is 1. The Hall–Kier alpha value is -5.90. The van der Waals surface area contributed by atoms with Gasteiger partial charge in [-0.2, -0.15) is 8.42 Å². The van der Waals surface area contributed by atoms with Gasteiger partial charge in [-0.1, -0.05) is 12.1 Å². The predicted molar refractivity (Wildman–Crippen MR) is 174 cm³/mol. The van der Waals surface area contributed by atoms with Crippen molar-refractivity contribution in [2.24, 2.45) is 7.05 Å². The Labute approximate surface area is 278 Å². The molecule has 3 heterocycles. The van der Waals surface area contributed by atoms with Crippen LogP contribution in [0.2, 0.25) is 0 Å². The van der Waals surface area contributed by atoms with Crippen LogP contribution in [-0.4, -0.2) is 51.1 Å². The highest BCUT2D eigenvalue weighted by Crippen LogP contribution is 2.23. The average molecular weight is 693 g/mol. The summed E-state index contributed by atoms with van der Waals surface area (Å²) in [6.45, 7) is 3.16. The number of nitrogens with zero attached hydrogens (tertiary/aromatic N) is 4. The second-order valence-corrected chi connectivity index (χ2v) is 12.8. The number of carbonyl (C=O) groups excluding carboxylic acids is 2. The van der Waals surface area contributed by atoms with Gasteiger partial charge >= 0.3 is 11.7 Å². The normalized spacial score (nSPS) is 12.0. The zero-order valence-corrected chi connectivity index (χ0v) is 27.1. The molecule has 254 valence electrons. The first-order valence-electron chi connectivity index (χ1n) is 14.7. The summed E-state index contributed by atoms with van der Waals surface area (Å²) in [7, 11) is -2.89. The fourth-order valence-electron chi connectivity index (χ4n) is 4.81. The first kappa shape index (κ1) is 34.4. The van der Waals surface area contributed by atoms with Crippen LogP contribution >= 0.6 is 0 Å². The number of hydrogen-bond donors (Lipinski definition) is 2. The first-order chi connectivity index (χ1) is 23.2. The third kappa shape index (κ3) is 7.81. The Morgan fingerprint density at radius 2 is 1.55 bits per heavy atom. The molecule has 0 saturated carbocycles. The third-order valence-electron chi connectivity index (χ3n) is 7.15. The fourth-order valence-corrected chi connectivity index (χ4v) is 5.78. The molecule has 1 atom stereocenters. The van der Waals surface area contributed by atoms with E-state index in [1.54, 1.807) is 42.9 Å². The van der Waals surface area contributed by atoms with Gasteiger partial charge in [0.2, 0.25) is 0 Å². The van der Waals surface area contributed by atoms with Crippen molar-refractivity contribution in [2.45, 2.75) is 37.4 Å². The van der Waals surface area contributed by atoms with Crippen molar-refractivity contribution < 1.29 is 31.5 Å². The molecule has 2 aromatic carbocycles. The Kier molecular flexibility index (Phi) is 9.89. The fraction of sp³-hybridized carbons (Fsp3) is 0.182. The molecule has 0 spiro atoms. The van der Waals surface area contributed by atoms with Crippen LogP contribution in [0.3, 0.4) is 0 Å². The van der Waals surface area contributed by atoms with E-state index in [0.29, 0.717) is 23.4 Å². The molecule has 0 saturated heterocycles. The Morgan fingerprint density at radius 1 is 0.918 bits per heavy atom. The van der Waals surface area contributed by atoms with Gasteiger partial charge in [-0.3, -0.25) is 14.3 Å². The summed E-state index contributed by atoms with van der Waals surface area (Å²) in [5.41, 5.74) is -1.41. The van der Waals surface area contributed by atoms with Crippen molar-refractivity contribution in [3.63, 3.8) is 0 Å². The van der Waals surface area contributed by atoms with E-state index in [-0.39, 0.29) is 12.1 Å². The number of halogens is 2. The summed E-state index contributed by atoms with van der Waals surface area (Å²) in [4.78, 5) is 54.8. The van der Waals surface area contributed by atoms with E-state index in [1.165, 1.54) is 66.5 Å². The summed E-state index contributed by atoms with van der Waals surface area (Å²) in [6, 6.07) is 13.3. The van der Waals surface area contributed by atoms with Gasteiger partial charge in [-0.25, -0.2) is 27.9 Å². The van der Waals surface area contributed by atoms with Crippen LogP contribution in [0.4, 0.5) is 14.5 Å². The molecule has 2 N–H and O–H groups in total. The maximum Gasteiger partial charge on any atom is 0.335 e. The van der Waals surface area contributed by atoms with Crippen LogP contribution in [0.15, 0.2) is 106 Å². The number of aromatic nitrogens is 4. The van der Waals surface area contributed by atoms with E-state index >= 15 is 8.78 Å². The Bertz CT molecular complexity index is 2210. The van der Waals surface area contributed by atoms with Crippen molar-refractivity contribution in [3.8, 4) is 11.4 Å². The van der Waals surface area contributed by atoms with E-state index in [2.05, 4.69) is 15.0 Å². The number of hydrogen-bond acceptors (Lipinski definition) is 8. The molecular formula is C33H30F2N6O7S. The molecular weight excluding hydrogens is 662 g/mol. The highest BCUT2D eigenvalue weighted by atomic mass is 32.2. The minimum Gasteiger partial charge on any atom is -0.461 e. The van der Waals surface area contributed by atoms with Gasteiger partial charge in [0.15, 0.2) is 5.03 Å². The molecule has 0 aliphatic rings. The summed E-state index contributed by atoms with van der Waals surface area (Å²) < 4.78 is 67.4. The van der Waals surface area contributed by atoms with E-state index in [4.69, 9.17) is 4.74 Å². The molecule has 5 aromatic rings. The van der Waals surface area contributed by atoms with Crippen LogP contribution in [0.25, 0.3) is 11.4 Å². The zero-order valence-electron chi connectivity index (χ0n) is 26.3. The highest BCUT2D eigenvalue weighted by Gasteiger charge is 2.28. The molecule has 13 nitrogen and oxygen atoms in total. The molecule has 0 aliphatic heterocycles. The second-order valence-electron chi connectivity index (χ2n) is 11.1. The van der Waals surface area contributed by atoms with Crippen LogP contribution in [0.1, 0.15) is 29.8 Å². The van der Waals surface area contributed by atoms with Crippen molar-refractivity contribution >= 4 is 27.6 Å². The summed E-state index contributed by atoms with van der Waals surface area (Å²) in [5, 5.41) is 1.89. The first-order valence-corrected chi connectivity index (χ1v) is 16.2. The van der Waals surface area contributed by atoms with Crippen LogP contribution in [0.5, 0.6) is 0 Å². The summed E-state index contributed by atoms with van der Waals surface area (Å²) in [5.74, 6) is -4.99. The zero-order chi connectivity index (χ0) is 35.5. The van der Waals surface area contributed by atoms with Crippen molar-refractivity contribution in [1.29, 1.82) is 0 Å². The lowest BCUT2D eigenvalue weighted by Crippen LogP contribution is -2.44. The lowest BCUT2D eigenvalue weighted by Gasteiger charge is -2.20. The maximum atomic E-state index is 15.2. The number of benzene rings is 2. The average Bonchev–Trinajstić information content (AvgIpc) is 3.58. The van der Waals surface area contributed by atoms with Crippen LogP contribution < -0.4 is 21.3 Å². The predicted octanol–water partition coefficient (Wildman–Crippen LogP) is 3.09. The number of carbonyl (C=O) groups is 2. The lowest BCUT2D eigenvalue weighted by molar-refractivity contribution is -0.149. The SMILES string of the molecule is CC(C)OC(=O)[C@H](Cc1ccc(-n2c(=O)ccn(C)c2=O)cc1)NC(=O)c1c(F)cc(NS(=O)(=O)c2ccc(-n3cccc3)cn2)cc1F. The highest BCUT2D eigenvalue weighted by molar-refractivity contribution is 7.92. The van der Waals surface area contributed by atoms with E-state index in [0.717, 1.165) is 4.57 Å². The van der Waals surface area contributed by atoms with E-state index in [1.807, 2.05) is 0 Å². The third-order valence-corrected chi connectivity index (χ3v) is 8.45. The van der Waals surface area contributed by atoms with E-state index in [9.17, 15) is 27.6 Å². The number of sulfonamides is 1. The number of pyridine rings is 1. The molecule has 16 heteroatoms. The van der Waals surface area contributed by atoms with Gasteiger partial charge in [0.05, 0.1) is 29.4 Å². The molecule has 49 heavy (non-hydrogen) atoms. The minimum atomic E-state index is -4.37. The number of aryl methyl sites for hydroxylation is 1. The quantitative estimate of drug-likeness (QED) is 0.200. The monoisotopic (exact) mass is 692 g/mol. The number of nitrogens with one attached hydrogen (secondary N) is 2. The molecule has 5 rings (SSSR count). The van der Waals surface area contributed by atoms with E-state index < -0.39 is 73.2 Å². The van der Waals surface area contributed by atoms with Gasteiger partial charge in [0.1, 0.15) is 23.2 Å². The minimum absolute atomic E-state index is 0.184. The molecule has 0 radical (unpaired) electrons. The standard InChI is InChI=1S/C33H30F2N6O7S/c1-20(2)48-32(44)27(16-21-6-8-23(9-7-21)41-29(42)12-15-39(3)33(41)45)37-31(43)30-25(34)17-22(18-26(30)35)38-49(46,47)28-11-10-24(19-36-28)40-13-4-5-14-40/h4-15,17-20,27,38H,16H2,1-3H3,(H,37,43)/t27-/m0/s1. The Morgan fingerprint density at radius 3 is 2.14 bits per heavy atom. The molecule has 3 aromatic heterocycles. The molecule has 0 unspecified atom stereocenters. The van der Waals surface area contributed by atoms with Crippen molar-refractivity contribution in [2.75, 3.05) is 4.72 Å². The molecule has 1 amide bonds. The molecule has 0 aliphatic carbocycles. The van der Waals surface area contributed by atoms with Gasteiger partial charge in [-0.05, 0) is 67.9 Å². The molecule has 0 fully saturated rings. The Balaban J connectivity index is 1.34. The smallest absolute Gasteiger partial charge is 0.335 e. The number of ether oxygens (including phenoxy) is 1. The van der Waals surface area contributed by atoms with Crippen LogP contribution in [-0.2, 0) is 33.0 Å². The molecule has 0 bridgehead atoms. The lowest BCUT2D eigenvalue weighted by atomic mass is 10.0. The number of rotatable bonds is 11. The summed E-state index contributed by atoms with van der Waals surface area (Å²) >= 11 is 0. The number of amides is 1. The van der Waals surface area contributed by atoms with Gasteiger partial charge in [0, 0.05) is 38.1 Å². The largest absolute Gasteiger partial charge is 0.461 e. The topological polar surface area (TPSA) is 163 Å². The second kappa shape index (κ2) is 14.1. The van der Waals surface area contributed by atoms with Crippen molar-refractivity contribution in [1.82, 2.24) is 24.0 Å². The summed E-state index contributed by atoms with van der Waals surface area (Å²) in [6.07, 6.45) is 5.35.